The van der Waals surface area contributed by atoms with Crippen LogP contribution in [0.5, 0.6) is 0 Å². The molecule has 0 aliphatic carbocycles. The predicted octanol–water partition coefficient (Wildman–Crippen LogP) is 3.24. The van der Waals surface area contributed by atoms with E-state index < -0.39 is 0 Å². The number of hydrogen-bond acceptors (Lipinski definition) is 2. The largest absolute Gasteiger partial charge is 0.307 e. The number of aromatic nitrogens is 1. The average molecular weight is 236 g/mol. The van der Waals surface area contributed by atoms with Crippen molar-refractivity contribution < 1.29 is 4.39 Å². The van der Waals surface area contributed by atoms with E-state index >= 15 is 0 Å². The number of nitrogens with one attached hydrogen (secondary N) is 1. The van der Waals surface area contributed by atoms with Gasteiger partial charge in [-0.2, -0.15) is 0 Å². The van der Waals surface area contributed by atoms with Crippen LogP contribution >= 0.6 is 0 Å². The Morgan fingerprint density at radius 1 is 1.35 bits per heavy atom. The first-order valence-electron chi connectivity index (χ1n) is 6.52. The van der Waals surface area contributed by atoms with E-state index in [4.69, 9.17) is 0 Å². The topological polar surface area (TPSA) is 24.9 Å². The van der Waals surface area contributed by atoms with Crippen LogP contribution < -0.4 is 5.32 Å². The summed E-state index contributed by atoms with van der Waals surface area (Å²) in [6, 6.07) is 1.83. The van der Waals surface area contributed by atoms with Crippen LogP contribution in [0.25, 0.3) is 0 Å². The predicted molar refractivity (Wildman–Crippen MR) is 67.2 cm³/mol. The SMILES string of the molecule is CC(C)C1(c2ccncc2F)CCCCCN1. The van der Waals surface area contributed by atoms with Crippen LogP contribution in [0, 0.1) is 11.7 Å². The lowest BCUT2D eigenvalue weighted by atomic mass is 9.77. The van der Waals surface area contributed by atoms with Gasteiger partial charge in [-0.15, -0.1) is 0 Å². The summed E-state index contributed by atoms with van der Waals surface area (Å²) in [4.78, 5) is 3.85. The maximum absolute atomic E-state index is 14.0. The van der Waals surface area contributed by atoms with Gasteiger partial charge in [-0.1, -0.05) is 26.7 Å². The zero-order valence-corrected chi connectivity index (χ0v) is 10.7. The Labute approximate surface area is 103 Å². The van der Waals surface area contributed by atoms with Crippen molar-refractivity contribution in [2.45, 2.75) is 45.1 Å². The molecule has 2 nitrogen and oxygen atoms in total. The molecule has 1 unspecified atom stereocenters. The molecule has 0 amide bonds. The highest BCUT2D eigenvalue weighted by atomic mass is 19.1. The molecule has 0 saturated carbocycles. The first-order chi connectivity index (χ1) is 8.17. The van der Waals surface area contributed by atoms with Gasteiger partial charge in [-0.25, -0.2) is 4.39 Å². The third-order valence-corrected chi connectivity index (χ3v) is 3.93. The molecule has 0 aromatic carbocycles. The van der Waals surface area contributed by atoms with Crippen LogP contribution in [0.1, 0.15) is 45.1 Å². The second-order valence-electron chi connectivity index (χ2n) is 5.22. The fourth-order valence-corrected chi connectivity index (χ4v) is 2.88. The summed E-state index contributed by atoms with van der Waals surface area (Å²) in [5.41, 5.74) is 0.563. The van der Waals surface area contributed by atoms with E-state index in [1.165, 1.54) is 19.0 Å². The van der Waals surface area contributed by atoms with E-state index in [1.54, 1.807) is 6.20 Å². The summed E-state index contributed by atoms with van der Waals surface area (Å²) < 4.78 is 14.0. The monoisotopic (exact) mass is 236 g/mol. The minimum atomic E-state index is -0.219. The lowest BCUT2D eigenvalue weighted by Crippen LogP contribution is -2.46. The molecule has 1 saturated heterocycles. The van der Waals surface area contributed by atoms with Crippen molar-refractivity contribution in [2.75, 3.05) is 6.54 Å². The van der Waals surface area contributed by atoms with Crippen molar-refractivity contribution in [1.29, 1.82) is 0 Å². The first-order valence-corrected chi connectivity index (χ1v) is 6.52. The fraction of sp³-hybridized carbons (Fsp3) is 0.643. The minimum absolute atomic E-state index is 0.185. The molecule has 94 valence electrons. The number of hydrogen-bond donors (Lipinski definition) is 1. The Kier molecular flexibility index (Phi) is 3.77. The summed E-state index contributed by atoms with van der Waals surface area (Å²) >= 11 is 0. The van der Waals surface area contributed by atoms with Crippen LogP contribution in [-0.4, -0.2) is 11.5 Å². The van der Waals surface area contributed by atoms with Gasteiger partial charge >= 0.3 is 0 Å². The van der Waals surface area contributed by atoms with E-state index in [2.05, 4.69) is 24.1 Å². The number of pyridine rings is 1. The number of rotatable bonds is 2. The highest BCUT2D eigenvalue weighted by Crippen LogP contribution is 2.37. The molecule has 0 radical (unpaired) electrons. The van der Waals surface area contributed by atoms with Crippen molar-refractivity contribution in [2.24, 2.45) is 5.92 Å². The second-order valence-corrected chi connectivity index (χ2v) is 5.22. The minimum Gasteiger partial charge on any atom is -0.307 e. The normalized spacial score (nSPS) is 25.9. The van der Waals surface area contributed by atoms with Gasteiger partial charge in [0.05, 0.1) is 6.20 Å². The average Bonchev–Trinajstić information content (AvgIpc) is 2.56. The molecule has 1 atom stereocenters. The Hall–Kier alpha value is -0.960. The zero-order valence-electron chi connectivity index (χ0n) is 10.7. The molecule has 1 aromatic heterocycles. The Bertz CT molecular complexity index is 368. The molecule has 0 spiro atoms. The maximum Gasteiger partial charge on any atom is 0.146 e. The van der Waals surface area contributed by atoms with E-state index in [9.17, 15) is 4.39 Å². The van der Waals surface area contributed by atoms with Crippen molar-refractivity contribution in [3.05, 3.63) is 29.8 Å². The second kappa shape index (κ2) is 5.13. The van der Waals surface area contributed by atoms with Crippen LogP contribution in [0.15, 0.2) is 18.5 Å². The molecule has 1 aromatic rings. The van der Waals surface area contributed by atoms with Crippen molar-refractivity contribution >= 4 is 0 Å². The van der Waals surface area contributed by atoms with E-state index in [-0.39, 0.29) is 11.4 Å². The fourth-order valence-electron chi connectivity index (χ4n) is 2.88. The zero-order chi connectivity index (χ0) is 12.3. The van der Waals surface area contributed by atoms with Crippen LogP contribution in [0.2, 0.25) is 0 Å². The molecule has 2 rings (SSSR count). The lowest BCUT2D eigenvalue weighted by molar-refractivity contribution is 0.222. The highest BCUT2D eigenvalue weighted by Gasteiger charge is 2.37. The molecule has 1 N–H and O–H groups in total. The Balaban J connectivity index is 2.43. The number of halogens is 1. The van der Waals surface area contributed by atoms with Gasteiger partial charge in [0.15, 0.2) is 0 Å². The quantitative estimate of drug-likeness (QED) is 0.852. The first kappa shape index (κ1) is 12.5. The van der Waals surface area contributed by atoms with Crippen molar-refractivity contribution in [3.8, 4) is 0 Å². The van der Waals surface area contributed by atoms with Gasteiger partial charge in [0, 0.05) is 17.3 Å². The molecule has 1 fully saturated rings. The summed E-state index contributed by atoms with van der Waals surface area (Å²) in [5, 5.41) is 3.58. The van der Waals surface area contributed by atoms with Gasteiger partial charge in [-0.05, 0) is 31.4 Å². The van der Waals surface area contributed by atoms with E-state index in [0.29, 0.717) is 5.92 Å². The Morgan fingerprint density at radius 2 is 2.18 bits per heavy atom. The van der Waals surface area contributed by atoms with E-state index in [1.807, 2.05) is 6.07 Å². The molecule has 0 bridgehead atoms. The van der Waals surface area contributed by atoms with Gasteiger partial charge < -0.3 is 5.32 Å². The third-order valence-electron chi connectivity index (χ3n) is 3.93. The molecule has 17 heavy (non-hydrogen) atoms. The molecule has 1 aliphatic rings. The van der Waals surface area contributed by atoms with E-state index in [0.717, 1.165) is 24.9 Å². The van der Waals surface area contributed by atoms with Crippen LogP contribution in [-0.2, 0) is 5.54 Å². The van der Waals surface area contributed by atoms with Gasteiger partial charge in [0.1, 0.15) is 5.82 Å². The van der Waals surface area contributed by atoms with Crippen molar-refractivity contribution in [1.82, 2.24) is 10.3 Å². The van der Waals surface area contributed by atoms with Gasteiger partial charge in [0.2, 0.25) is 0 Å². The summed E-state index contributed by atoms with van der Waals surface area (Å²) in [6.07, 6.45) is 7.59. The molecule has 3 heteroatoms. The Morgan fingerprint density at radius 3 is 2.88 bits per heavy atom. The molecular weight excluding hydrogens is 215 g/mol. The maximum atomic E-state index is 14.0. The summed E-state index contributed by atoms with van der Waals surface area (Å²) in [5.74, 6) is 0.188. The summed E-state index contributed by atoms with van der Waals surface area (Å²) in [7, 11) is 0. The van der Waals surface area contributed by atoms with Crippen LogP contribution in [0.3, 0.4) is 0 Å². The molecule has 2 heterocycles. The highest BCUT2D eigenvalue weighted by molar-refractivity contribution is 5.25. The van der Waals surface area contributed by atoms with Gasteiger partial charge in [-0.3, -0.25) is 4.98 Å². The third kappa shape index (κ3) is 2.34. The summed E-state index contributed by atoms with van der Waals surface area (Å²) in [6.45, 7) is 5.30. The smallest absolute Gasteiger partial charge is 0.146 e. The van der Waals surface area contributed by atoms with Gasteiger partial charge in [0.25, 0.3) is 0 Å². The van der Waals surface area contributed by atoms with Crippen molar-refractivity contribution in [3.63, 3.8) is 0 Å². The number of nitrogens with zero attached hydrogens (tertiary/aromatic N) is 1. The standard InChI is InChI=1S/C14H21FN2/c1-11(2)14(7-4-3-5-8-17-14)12-6-9-16-10-13(12)15/h6,9-11,17H,3-5,7-8H2,1-2H3. The van der Waals surface area contributed by atoms with Crippen LogP contribution in [0.4, 0.5) is 4.39 Å². The lowest BCUT2D eigenvalue weighted by Gasteiger charge is -2.38. The molecule has 1 aliphatic heterocycles. The molecular formula is C14H21FN2.